The van der Waals surface area contributed by atoms with Gasteiger partial charge in [-0.25, -0.2) is 8.42 Å². The molecule has 1 aliphatic heterocycles. The Kier molecular flexibility index (Phi) is 3.92. The SMILES string of the molecule is CC(=O)N1CCc2cc(NS(=O)(=O)c3cccc4ccccc34)ccc21. The van der Waals surface area contributed by atoms with Crippen LogP contribution in [0.3, 0.4) is 0 Å². The van der Waals surface area contributed by atoms with Crippen molar-refractivity contribution in [3.63, 3.8) is 0 Å². The molecule has 0 aliphatic carbocycles. The first kappa shape index (κ1) is 16.6. The number of benzene rings is 3. The first-order valence-electron chi connectivity index (χ1n) is 8.37. The fraction of sp³-hybridized carbons (Fsp3) is 0.150. The van der Waals surface area contributed by atoms with Crippen LogP contribution >= 0.6 is 0 Å². The Morgan fingerprint density at radius 3 is 2.62 bits per heavy atom. The molecule has 1 N–H and O–H groups in total. The quantitative estimate of drug-likeness (QED) is 0.771. The Labute approximate surface area is 152 Å². The highest BCUT2D eigenvalue weighted by atomic mass is 32.2. The molecule has 132 valence electrons. The molecule has 0 radical (unpaired) electrons. The zero-order chi connectivity index (χ0) is 18.3. The first-order chi connectivity index (χ1) is 12.5. The van der Waals surface area contributed by atoms with Gasteiger partial charge in [-0.05, 0) is 41.6 Å². The molecular weight excluding hydrogens is 348 g/mol. The van der Waals surface area contributed by atoms with Crippen LogP contribution in [0.4, 0.5) is 11.4 Å². The zero-order valence-electron chi connectivity index (χ0n) is 14.3. The number of nitrogens with zero attached hydrogens (tertiary/aromatic N) is 1. The second kappa shape index (κ2) is 6.14. The summed E-state index contributed by atoms with van der Waals surface area (Å²) in [6.45, 7) is 2.16. The van der Waals surface area contributed by atoms with Crippen LogP contribution in [-0.2, 0) is 21.2 Å². The number of sulfonamides is 1. The molecule has 4 rings (SSSR count). The number of nitrogens with one attached hydrogen (secondary N) is 1. The van der Waals surface area contributed by atoms with Crippen molar-refractivity contribution < 1.29 is 13.2 Å². The lowest BCUT2D eigenvalue weighted by atomic mass is 10.1. The molecule has 3 aromatic carbocycles. The molecule has 1 amide bonds. The fourth-order valence-electron chi connectivity index (χ4n) is 3.43. The van der Waals surface area contributed by atoms with Crippen LogP contribution in [0.2, 0.25) is 0 Å². The fourth-order valence-corrected chi connectivity index (χ4v) is 4.71. The lowest BCUT2D eigenvalue weighted by Crippen LogP contribution is -2.25. The minimum absolute atomic E-state index is 0.00663. The molecule has 0 saturated carbocycles. The summed E-state index contributed by atoms with van der Waals surface area (Å²) in [7, 11) is -3.72. The Balaban J connectivity index is 1.70. The van der Waals surface area contributed by atoms with Crippen LogP contribution in [0.5, 0.6) is 0 Å². The molecule has 6 heteroatoms. The summed E-state index contributed by atoms with van der Waals surface area (Å²) in [6.07, 6.45) is 0.721. The zero-order valence-corrected chi connectivity index (χ0v) is 15.1. The number of anilines is 2. The van der Waals surface area contributed by atoms with Gasteiger partial charge in [-0.15, -0.1) is 0 Å². The van der Waals surface area contributed by atoms with E-state index in [4.69, 9.17) is 0 Å². The van der Waals surface area contributed by atoms with E-state index in [9.17, 15) is 13.2 Å². The maximum Gasteiger partial charge on any atom is 0.262 e. The Morgan fingerprint density at radius 1 is 1.04 bits per heavy atom. The number of rotatable bonds is 3. The van der Waals surface area contributed by atoms with E-state index in [1.54, 1.807) is 41.3 Å². The van der Waals surface area contributed by atoms with Gasteiger partial charge < -0.3 is 4.90 Å². The minimum atomic E-state index is -3.72. The number of hydrogen-bond donors (Lipinski definition) is 1. The molecule has 26 heavy (non-hydrogen) atoms. The van der Waals surface area contributed by atoms with E-state index in [2.05, 4.69) is 4.72 Å². The Hall–Kier alpha value is -2.86. The molecule has 0 spiro atoms. The summed E-state index contributed by atoms with van der Waals surface area (Å²) >= 11 is 0. The molecule has 0 unspecified atom stereocenters. The number of hydrogen-bond acceptors (Lipinski definition) is 3. The van der Waals surface area contributed by atoms with Gasteiger partial charge in [-0.2, -0.15) is 0 Å². The summed E-state index contributed by atoms with van der Waals surface area (Å²) in [6, 6.07) is 17.9. The summed E-state index contributed by atoms with van der Waals surface area (Å²) < 4.78 is 28.5. The Morgan fingerprint density at radius 2 is 1.81 bits per heavy atom. The van der Waals surface area contributed by atoms with Crippen molar-refractivity contribution in [3.8, 4) is 0 Å². The van der Waals surface area contributed by atoms with Crippen molar-refractivity contribution >= 4 is 38.1 Å². The first-order valence-corrected chi connectivity index (χ1v) is 9.86. The molecule has 3 aromatic rings. The maximum absolute atomic E-state index is 12.9. The molecule has 0 saturated heterocycles. The van der Waals surface area contributed by atoms with Crippen LogP contribution in [0.15, 0.2) is 65.6 Å². The van der Waals surface area contributed by atoms with Gasteiger partial charge in [0.25, 0.3) is 10.0 Å². The lowest BCUT2D eigenvalue weighted by molar-refractivity contribution is -0.116. The molecule has 0 fully saturated rings. The smallest absolute Gasteiger partial charge is 0.262 e. The third-order valence-corrected chi connectivity index (χ3v) is 6.09. The van der Waals surface area contributed by atoms with Crippen molar-refractivity contribution in [3.05, 3.63) is 66.2 Å². The number of amides is 1. The third kappa shape index (κ3) is 2.82. The van der Waals surface area contributed by atoms with Crippen molar-refractivity contribution in [2.45, 2.75) is 18.2 Å². The second-order valence-corrected chi connectivity index (χ2v) is 8.00. The topological polar surface area (TPSA) is 66.5 Å². The van der Waals surface area contributed by atoms with Crippen molar-refractivity contribution in [2.75, 3.05) is 16.2 Å². The number of fused-ring (bicyclic) bond motifs is 2. The standard InChI is InChI=1S/C20H18N2O3S/c1-14(23)22-12-11-16-13-17(9-10-19(16)22)21-26(24,25)20-8-4-6-15-5-2-3-7-18(15)20/h2-10,13,21H,11-12H2,1H3. The molecule has 1 aliphatic rings. The van der Waals surface area contributed by atoms with Gasteiger partial charge in [0.05, 0.1) is 4.90 Å². The van der Waals surface area contributed by atoms with Crippen LogP contribution in [-0.4, -0.2) is 20.9 Å². The van der Waals surface area contributed by atoms with E-state index in [1.807, 2.05) is 24.3 Å². The molecule has 0 bridgehead atoms. The maximum atomic E-state index is 12.9. The molecular formula is C20H18N2O3S. The number of carbonyl (C=O) groups excluding carboxylic acids is 1. The predicted octanol–water partition coefficient (Wildman–Crippen LogP) is 3.55. The average molecular weight is 366 g/mol. The van der Waals surface area contributed by atoms with Gasteiger partial charge in [0.15, 0.2) is 0 Å². The monoisotopic (exact) mass is 366 g/mol. The predicted molar refractivity (Wildman–Crippen MR) is 103 cm³/mol. The van der Waals surface area contributed by atoms with Gasteiger partial charge in [0.2, 0.25) is 5.91 Å². The van der Waals surface area contributed by atoms with E-state index >= 15 is 0 Å². The molecule has 1 heterocycles. The Bertz CT molecular complexity index is 1120. The number of carbonyl (C=O) groups is 1. The van der Waals surface area contributed by atoms with Gasteiger partial charge in [-0.1, -0.05) is 36.4 Å². The highest BCUT2D eigenvalue weighted by Gasteiger charge is 2.23. The summed E-state index contributed by atoms with van der Waals surface area (Å²) in [5.41, 5.74) is 2.33. The molecule has 0 atom stereocenters. The average Bonchev–Trinajstić information content (AvgIpc) is 3.04. The highest BCUT2D eigenvalue weighted by molar-refractivity contribution is 7.93. The normalized spacial score (nSPS) is 13.7. The van der Waals surface area contributed by atoms with Gasteiger partial charge in [-0.3, -0.25) is 9.52 Å². The summed E-state index contributed by atoms with van der Waals surface area (Å²) in [4.78, 5) is 13.6. The van der Waals surface area contributed by atoms with Crippen molar-refractivity contribution in [2.24, 2.45) is 0 Å². The van der Waals surface area contributed by atoms with E-state index in [0.717, 1.165) is 23.1 Å². The highest BCUT2D eigenvalue weighted by Crippen LogP contribution is 2.32. The van der Waals surface area contributed by atoms with Crippen LogP contribution in [0.1, 0.15) is 12.5 Å². The van der Waals surface area contributed by atoms with Crippen LogP contribution < -0.4 is 9.62 Å². The van der Waals surface area contributed by atoms with E-state index < -0.39 is 10.0 Å². The second-order valence-electron chi connectivity index (χ2n) is 6.35. The van der Waals surface area contributed by atoms with Gasteiger partial charge in [0.1, 0.15) is 0 Å². The van der Waals surface area contributed by atoms with Crippen molar-refractivity contribution in [1.29, 1.82) is 0 Å². The van der Waals surface area contributed by atoms with Gasteiger partial charge in [0, 0.05) is 30.2 Å². The van der Waals surface area contributed by atoms with Gasteiger partial charge >= 0.3 is 0 Å². The minimum Gasteiger partial charge on any atom is -0.312 e. The van der Waals surface area contributed by atoms with Crippen molar-refractivity contribution in [1.82, 2.24) is 0 Å². The third-order valence-electron chi connectivity index (χ3n) is 4.65. The van der Waals surface area contributed by atoms with E-state index in [0.29, 0.717) is 17.6 Å². The lowest BCUT2D eigenvalue weighted by Gasteiger charge is -2.15. The molecule has 0 aromatic heterocycles. The van der Waals surface area contributed by atoms with Crippen LogP contribution in [0.25, 0.3) is 10.8 Å². The summed E-state index contributed by atoms with van der Waals surface area (Å²) in [5, 5.41) is 1.56. The van der Waals surface area contributed by atoms with E-state index in [1.165, 1.54) is 6.92 Å². The summed E-state index contributed by atoms with van der Waals surface area (Å²) in [5.74, 6) is -0.00663. The van der Waals surface area contributed by atoms with E-state index in [-0.39, 0.29) is 10.8 Å². The molecule has 5 nitrogen and oxygen atoms in total. The van der Waals surface area contributed by atoms with Crippen LogP contribution in [0, 0.1) is 0 Å². The largest absolute Gasteiger partial charge is 0.312 e.